The van der Waals surface area contributed by atoms with Crippen LogP contribution in [0.2, 0.25) is 0 Å². The van der Waals surface area contributed by atoms with Gasteiger partial charge in [-0.05, 0) is 40.4 Å². The summed E-state index contributed by atoms with van der Waals surface area (Å²) in [4.78, 5) is 2.18. The number of aryl methyl sites for hydroxylation is 2. The summed E-state index contributed by atoms with van der Waals surface area (Å²) in [6, 6.07) is 2.19. The highest BCUT2D eigenvalue weighted by molar-refractivity contribution is 5.54. The third-order valence-electron chi connectivity index (χ3n) is 2.66. The Balaban J connectivity index is 2.44. The second-order valence-corrected chi connectivity index (χ2v) is 4.48. The van der Waals surface area contributed by atoms with Crippen LogP contribution in [0.3, 0.4) is 0 Å². The molecule has 0 fully saturated rings. The molecule has 0 atom stereocenters. The molecule has 1 rings (SSSR count). The fraction of sp³-hybridized carbons (Fsp3) is 0.667. The number of nitrogens with one attached hydrogen (secondary N) is 1. The van der Waals surface area contributed by atoms with Crippen LogP contribution < -0.4 is 5.32 Å². The van der Waals surface area contributed by atoms with E-state index in [2.05, 4.69) is 35.5 Å². The monoisotopic (exact) mass is 235 g/mol. The standard InChI is InChI=1S/C12H21N5/c1-10-11(9-13)12(17(4)15-10)14-7-5-6-8-16(2)3/h14H,5-8H2,1-4H3. The predicted octanol–water partition coefficient (Wildman–Crippen LogP) is 1.35. The lowest BCUT2D eigenvalue weighted by molar-refractivity contribution is 0.396. The number of hydrogen-bond donors (Lipinski definition) is 1. The molecule has 17 heavy (non-hydrogen) atoms. The minimum atomic E-state index is 0.653. The molecule has 0 saturated heterocycles. The van der Waals surface area contributed by atoms with Crippen molar-refractivity contribution in [3.63, 3.8) is 0 Å². The number of rotatable bonds is 6. The van der Waals surface area contributed by atoms with Crippen molar-refractivity contribution in [3.05, 3.63) is 11.3 Å². The Labute approximate surface area is 103 Å². The molecule has 1 heterocycles. The van der Waals surface area contributed by atoms with Crippen LogP contribution in [-0.2, 0) is 7.05 Å². The van der Waals surface area contributed by atoms with Gasteiger partial charge in [0.25, 0.3) is 0 Å². The van der Waals surface area contributed by atoms with Crippen LogP contribution in [0.25, 0.3) is 0 Å². The second kappa shape index (κ2) is 6.26. The van der Waals surface area contributed by atoms with E-state index in [-0.39, 0.29) is 0 Å². The van der Waals surface area contributed by atoms with E-state index < -0.39 is 0 Å². The summed E-state index contributed by atoms with van der Waals surface area (Å²) in [5, 5.41) is 16.6. The van der Waals surface area contributed by atoms with Crippen LogP contribution >= 0.6 is 0 Å². The Morgan fingerprint density at radius 3 is 2.71 bits per heavy atom. The van der Waals surface area contributed by atoms with E-state index in [0.29, 0.717) is 5.56 Å². The maximum Gasteiger partial charge on any atom is 0.142 e. The van der Waals surface area contributed by atoms with Crippen LogP contribution in [0, 0.1) is 18.3 Å². The van der Waals surface area contributed by atoms with Gasteiger partial charge < -0.3 is 10.2 Å². The van der Waals surface area contributed by atoms with Crippen LogP contribution in [0.4, 0.5) is 5.82 Å². The Morgan fingerprint density at radius 2 is 2.12 bits per heavy atom. The number of hydrogen-bond acceptors (Lipinski definition) is 4. The van der Waals surface area contributed by atoms with E-state index in [1.807, 2.05) is 14.0 Å². The van der Waals surface area contributed by atoms with E-state index in [0.717, 1.165) is 37.4 Å². The lowest BCUT2D eigenvalue weighted by atomic mass is 10.2. The fourth-order valence-corrected chi connectivity index (χ4v) is 1.75. The zero-order chi connectivity index (χ0) is 12.8. The van der Waals surface area contributed by atoms with Crippen molar-refractivity contribution in [3.8, 4) is 6.07 Å². The lowest BCUT2D eigenvalue weighted by Crippen LogP contribution is -2.14. The average molecular weight is 235 g/mol. The summed E-state index contributed by atoms with van der Waals surface area (Å²) < 4.78 is 1.74. The van der Waals surface area contributed by atoms with E-state index in [9.17, 15) is 0 Å². The van der Waals surface area contributed by atoms with Gasteiger partial charge in [0.1, 0.15) is 17.5 Å². The van der Waals surface area contributed by atoms with E-state index >= 15 is 0 Å². The molecule has 0 aromatic carbocycles. The van der Waals surface area contributed by atoms with Crippen molar-refractivity contribution in [2.45, 2.75) is 19.8 Å². The molecule has 1 N–H and O–H groups in total. The summed E-state index contributed by atoms with van der Waals surface area (Å²) >= 11 is 0. The van der Waals surface area contributed by atoms with Gasteiger partial charge in [0.05, 0.1) is 5.69 Å². The molecule has 0 radical (unpaired) electrons. The molecule has 1 aromatic rings. The van der Waals surface area contributed by atoms with Crippen molar-refractivity contribution in [1.29, 1.82) is 5.26 Å². The first kappa shape index (κ1) is 13.5. The van der Waals surface area contributed by atoms with Crippen molar-refractivity contribution >= 4 is 5.82 Å². The van der Waals surface area contributed by atoms with Gasteiger partial charge >= 0.3 is 0 Å². The van der Waals surface area contributed by atoms with Crippen molar-refractivity contribution in [2.24, 2.45) is 7.05 Å². The third-order valence-corrected chi connectivity index (χ3v) is 2.66. The van der Waals surface area contributed by atoms with Gasteiger partial charge in [0, 0.05) is 13.6 Å². The maximum atomic E-state index is 9.04. The Hall–Kier alpha value is -1.54. The molecule has 0 amide bonds. The fourth-order valence-electron chi connectivity index (χ4n) is 1.75. The van der Waals surface area contributed by atoms with Gasteiger partial charge in [-0.15, -0.1) is 0 Å². The van der Waals surface area contributed by atoms with Gasteiger partial charge in [0.2, 0.25) is 0 Å². The molecule has 5 nitrogen and oxygen atoms in total. The minimum absolute atomic E-state index is 0.653. The van der Waals surface area contributed by atoms with Gasteiger partial charge in [-0.3, -0.25) is 4.68 Å². The number of unbranched alkanes of at least 4 members (excludes halogenated alkanes) is 1. The van der Waals surface area contributed by atoms with Gasteiger partial charge in [-0.1, -0.05) is 0 Å². The van der Waals surface area contributed by atoms with E-state index in [4.69, 9.17) is 5.26 Å². The topological polar surface area (TPSA) is 56.9 Å². The highest BCUT2D eigenvalue weighted by Gasteiger charge is 2.11. The first-order chi connectivity index (χ1) is 8.06. The molecule has 0 aliphatic carbocycles. The highest BCUT2D eigenvalue weighted by atomic mass is 15.3. The van der Waals surface area contributed by atoms with Crippen molar-refractivity contribution < 1.29 is 0 Å². The molecule has 0 aliphatic heterocycles. The Morgan fingerprint density at radius 1 is 1.41 bits per heavy atom. The van der Waals surface area contributed by atoms with Crippen LogP contribution in [0.15, 0.2) is 0 Å². The number of nitriles is 1. The quantitative estimate of drug-likeness (QED) is 0.756. The van der Waals surface area contributed by atoms with Crippen LogP contribution in [0.5, 0.6) is 0 Å². The zero-order valence-electron chi connectivity index (χ0n) is 11.1. The first-order valence-corrected chi connectivity index (χ1v) is 5.88. The maximum absolute atomic E-state index is 9.04. The normalized spacial score (nSPS) is 10.6. The van der Waals surface area contributed by atoms with Crippen molar-refractivity contribution in [2.75, 3.05) is 32.5 Å². The molecule has 0 unspecified atom stereocenters. The summed E-state index contributed by atoms with van der Waals surface area (Å²) in [6.07, 6.45) is 2.24. The summed E-state index contributed by atoms with van der Waals surface area (Å²) in [5.74, 6) is 0.829. The Kier molecular flexibility index (Phi) is 4.98. The highest BCUT2D eigenvalue weighted by Crippen LogP contribution is 2.17. The molecule has 1 aromatic heterocycles. The predicted molar refractivity (Wildman–Crippen MR) is 68.9 cm³/mol. The Bertz CT molecular complexity index is 400. The largest absolute Gasteiger partial charge is 0.369 e. The first-order valence-electron chi connectivity index (χ1n) is 5.88. The van der Waals surface area contributed by atoms with Gasteiger partial charge in [-0.2, -0.15) is 10.4 Å². The van der Waals surface area contributed by atoms with Crippen LogP contribution in [-0.4, -0.2) is 41.9 Å². The summed E-state index contributed by atoms with van der Waals surface area (Å²) in [6.45, 7) is 3.83. The molecule has 0 spiro atoms. The number of anilines is 1. The summed E-state index contributed by atoms with van der Waals surface area (Å²) in [5.41, 5.74) is 1.44. The smallest absolute Gasteiger partial charge is 0.142 e. The minimum Gasteiger partial charge on any atom is -0.369 e. The molecule has 0 aliphatic rings. The van der Waals surface area contributed by atoms with Crippen molar-refractivity contribution in [1.82, 2.24) is 14.7 Å². The van der Waals surface area contributed by atoms with E-state index in [1.165, 1.54) is 0 Å². The SMILES string of the molecule is Cc1nn(C)c(NCCCCN(C)C)c1C#N. The second-order valence-electron chi connectivity index (χ2n) is 4.48. The number of aromatic nitrogens is 2. The van der Waals surface area contributed by atoms with E-state index in [1.54, 1.807) is 4.68 Å². The molecule has 0 bridgehead atoms. The molecule has 5 heteroatoms. The zero-order valence-corrected chi connectivity index (χ0v) is 11.1. The molecule has 0 saturated carbocycles. The van der Waals surface area contributed by atoms with Gasteiger partial charge in [0.15, 0.2) is 0 Å². The summed E-state index contributed by atoms with van der Waals surface area (Å²) in [7, 11) is 6.01. The third kappa shape index (κ3) is 3.75. The van der Waals surface area contributed by atoms with Crippen LogP contribution in [0.1, 0.15) is 24.1 Å². The molecular formula is C12H21N5. The lowest BCUT2D eigenvalue weighted by Gasteiger charge is -2.10. The van der Waals surface area contributed by atoms with Gasteiger partial charge in [-0.25, -0.2) is 0 Å². The molecular weight excluding hydrogens is 214 g/mol. The molecule has 94 valence electrons. The number of nitrogens with zero attached hydrogens (tertiary/aromatic N) is 4. The average Bonchev–Trinajstić information content (AvgIpc) is 2.52.